The fourth-order valence-corrected chi connectivity index (χ4v) is 3.03. The van der Waals surface area contributed by atoms with E-state index in [1.165, 1.54) is 0 Å². The summed E-state index contributed by atoms with van der Waals surface area (Å²) in [7, 11) is 0. The van der Waals surface area contributed by atoms with Crippen molar-refractivity contribution in [2.45, 2.75) is 59.8 Å². The number of morpholine rings is 1. The van der Waals surface area contributed by atoms with E-state index < -0.39 is 0 Å². The lowest BCUT2D eigenvalue weighted by atomic mass is 9.99. The molecule has 0 spiro atoms. The van der Waals surface area contributed by atoms with E-state index in [0.29, 0.717) is 5.92 Å². The van der Waals surface area contributed by atoms with Crippen molar-refractivity contribution in [3.05, 3.63) is 0 Å². The molecule has 0 radical (unpaired) electrons. The van der Waals surface area contributed by atoms with E-state index in [1.54, 1.807) is 0 Å². The van der Waals surface area contributed by atoms with Gasteiger partial charge in [0, 0.05) is 26.2 Å². The van der Waals surface area contributed by atoms with E-state index in [1.807, 2.05) is 18.7 Å². The van der Waals surface area contributed by atoms with E-state index in [9.17, 15) is 4.79 Å². The van der Waals surface area contributed by atoms with Crippen molar-refractivity contribution in [2.24, 2.45) is 5.92 Å². The molecule has 112 valence electrons. The van der Waals surface area contributed by atoms with Gasteiger partial charge in [0.05, 0.1) is 18.2 Å². The van der Waals surface area contributed by atoms with E-state index >= 15 is 0 Å². The van der Waals surface area contributed by atoms with Gasteiger partial charge in [0.1, 0.15) is 0 Å². The number of hydrogen-bond donors (Lipinski definition) is 0. The average Bonchev–Trinajstić information content (AvgIpc) is 2.28. The highest BCUT2D eigenvalue weighted by atomic mass is 16.5. The van der Waals surface area contributed by atoms with E-state index in [2.05, 4.69) is 32.6 Å². The standard InChI is InChI=1S/C15H30N2O2/c1-7-16(8-2)15(18)14(11(3)4)17-9-12(5)19-13(6)10-17/h11-14H,7-10H2,1-6H3. The van der Waals surface area contributed by atoms with Crippen molar-refractivity contribution in [1.82, 2.24) is 9.80 Å². The van der Waals surface area contributed by atoms with Crippen molar-refractivity contribution < 1.29 is 9.53 Å². The zero-order valence-corrected chi connectivity index (χ0v) is 13.3. The summed E-state index contributed by atoms with van der Waals surface area (Å²) in [6, 6.07) is -0.0197. The third kappa shape index (κ3) is 4.18. The number of hydrogen-bond acceptors (Lipinski definition) is 3. The van der Waals surface area contributed by atoms with E-state index in [0.717, 1.165) is 26.2 Å². The van der Waals surface area contributed by atoms with Gasteiger partial charge in [-0.2, -0.15) is 0 Å². The fourth-order valence-electron chi connectivity index (χ4n) is 3.03. The van der Waals surface area contributed by atoms with Gasteiger partial charge in [-0.3, -0.25) is 9.69 Å². The van der Waals surface area contributed by atoms with Crippen molar-refractivity contribution in [2.75, 3.05) is 26.2 Å². The molecule has 1 saturated heterocycles. The Morgan fingerprint density at radius 3 is 2.05 bits per heavy atom. The molecule has 4 heteroatoms. The molecule has 0 bridgehead atoms. The van der Waals surface area contributed by atoms with E-state index in [-0.39, 0.29) is 24.2 Å². The maximum absolute atomic E-state index is 12.7. The van der Waals surface area contributed by atoms with Crippen molar-refractivity contribution in [3.8, 4) is 0 Å². The predicted octanol–water partition coefficient (Wildman–Crippen LogP) is 1.99. The molecule has 3 unspecified atom stereocenters. The molecule has 1 rings (SSSR count). The highest BCUT2D eigenvalue weighted by Gasteiger charge is 2.35. The maximum Gasteiger partial charge on any atom is 0.240 e. The normalized spacial score (nSPS) is 26.5. The van der Waals surface area contributed by atoms with Gasteiger partial charge < -0.3 is 9.64 Å². The number of carbonyl (C=O) groups excluding carboxylic acids is 1. The van der Waals surface area contributed by atoms with Gasteiger partial charge in [-0.1, -0.05) is 13.8 Å². The number of amides is 1. The summed E-state index contributed by atoms with van der Waals surface area (Å²) in [6.07, 6.45) is 0.406. The third-order valence-electron chi connectivity index (χ3n) is 3.80. The largest absolute Gasteiger partial charge is 0.373 e. The lowest BCUT2D eigenvalue weighted by Crippen LogP contribution is -2.57. The van der Waals surface area contributed by atoms with Crippen LogP contribution in [0.15, 0.2) is 0 Å². The fraction of sp³-hybridized carbons (Fsp3) is 0.933. The molecule has 19 heavy (non-hydrogen) atoms. The third-order valence-corrected chi connectivity index (χ3v) is 3.80. The highest BCUT2D eigenvalue weighted by molar-refractivity contribution is 5.82. The van der Waals surface area contributed by atoms with Gasteiger partial charge in [0.15, 0.2) is 0 Å². The lowest BCUT2D eigenvalue weighted by molar-refractivity contribution is -0.145. The maximum atomic E-state index is 12.7. The number of carbonyl (C=O) groups is 1. The molecular formula is C15H30N2O2. The summed E-state index contributed by atoms with van der Waals surface area (Å²) in [5, 5.41) is 0. The highest BCUT2D eigenvalue weighted by Crippen LogP contribution is 2.20. The van der Waals surface area contributed by atoms with Crippen molar-refractivity contribution in [3.63, 3.8) is 0 Å². The average molecular weight is 270 g/mol. The van der Waals surface area contributed by atoms with Gasteiger partial charge >= 0.3 is 0 Å². The Kier molecular flexibility index (Phi) is 6.27. The summed E-state index contributed by atoms with van der Waals surface area (Å²) in [5.41, 5.74) is 0. The van der Waals surface area contributed by atoms with Crippen LogP contribution >= 0.6 is 0 Å². The van der Waals surface area contributed by atoms with Crippen LogP contribution in [-0.2, 0) is 9.53 Å². The van der Waals surface area contributed by atoms with Crippen LogP contribution in [0.3, 0.4) is 0 Å². The van der Waals surface area contributed by atoms with Crippen LogP contribution < -0.4 is 0 Å². The minimum absolute atomic E-state index is 0.0197. The second-order valence-corrected chi connectivity index (χ2v) is 5.91. The Bertz CT molecular complexity index is 280. The van der Waals surface area contributed by atoms with Gasteiger partial charge in [-0.05, 0) is 33.6 Å². The number of rotatable bonds is 5. The smallest absolute Gasteiger partial charge is 0.240 e. The Morgan fingerprint density at radius 1 is 1.21 bits per heavy atom. The Morgan fingerprint density at radius 2 is 1.68 bits per heavy atom. The van der Waals surface area contributed by atoms with Crippen LogP contribution in [0.2, 0.25) is 0 Å². The first-order valence-electron chi connectivity index (χ1n) is 7.58. The molecule has 0 aromatic rings. The van der Waals surface area contributed by atoms with Gasteiger partial charge in [0.2, 0.25) is 5.91 Å². The molecule has 1 aliphatic rings. The number of nitrogens with zero attached hydrogens (tertiary/aromatic N) is 2. The second-order valence-electron chi connectivity index (χ2n) is 5.91. The zero-order chi connectivity index (χ0) is 14.6. The summed E-state index contributed by atoms with van der Waals surface area (Å²) < 4.78 is 5.77. The molecule has 0 aromatic heterocycles. The zero-order valence-electron chi connectivity index (χ0n) is 13.3. The first-order valence-corrected chi connectivity index (χ1v) is 7.58. The molecule has 1 aliphatic heterocycles. The monoisotopic (exact) mass is 270 g/mol. The lowest BCUT2D eigenvalue weighted by Gasteiger charge is -2.42. The quantitative estimate of drug-likeness (QED) is 0.766. The topological polar surface area (TPSA) is 32.8 Å². The molecule has 3 atom stereocenters. The summed E-state index contributed by atoms with van der Waals surface area (Å²) >= 11 is 0. The van der Waals surface area contributed by atoms with Gasteiger partial charge in [0.25, 0.3) is 0 Å². The Balaban J connectivity index is 2.84. The first kappa shape index (κ1) is 16.4. The minimum Gasteiger partial charge on any atom is -0.373 e. The van der Waals surface area contributed by atoms with Crippen LogP contribution in [-0.4, -0.2) is 60.1 Å². The summed E-state index contributed by atoms with van der Waals surface area (Å²) in [5.74, 6) is 0.590. The van der Waals surface area contributed by atoms with Crippen LogP contribution in [0.1, 0.15) is 41.5 Å². The van der Waals surface area contributed by atoms with Crippen LogP contribution in [0, 0.1) is 5.92 Å². The molecule has 0 aromatic carbocycles. The van der Waals surface area contributed by atoms with Gasteiger partial charge in [-0.15, -0.1) is 0 Å². The number of ether oxygens (including phenoxy) is 1. The first-order chi connectivity index (χ1) is 8.90. The molecule has 1 heterocycles. The molecule has 1 fully saturated rings. The predicted molar refractivity (Wildman–Crippen MR) is 78.1 cm³/mol. The van der Waals surface area contributed by atoms with Crippen molar-refractivity contribution in [1.29, 1.82) is 0 Å². The SMILES string of the molecule is CCN(CC)C(=O)C(C(C)C)N1CC(C)OC(C)C1. The molecule has 0 aliphatic carbocycles. The summed E-state index contributed by atoms with van der Waals surface area (Å²) in [6.45, 7) is 15.8. The summed E-state index contributed by atoms with van der Waals surface area (Å²) in [4.78, 5) is 17.0. The van der Waals surface area contributed by atoms with Crippen molar-refractivity contribution >= 4 is 5.91 Å². The Labute approximate surface area is 118 Å². The number of likely N-dealkylation sites (N-methyl/N-ethyl adjacent to an activating group) is 1. The second kappa shape index (κ2) is 7.25. The Hall–Kier alpha value is -0.610. The molecule has 4 nitrogen and oxygen atoms in total. The van der Waals surface area contributed by atoms with Crippen LogP contribution in [0.5, 0.6) is 0 Å². The molecule has 0 saturated carbocycles. The van der Waals surface area contributed by atoms with Gasteiger partial charge in [-0.25, -0.2) is 0 Å². The molecule has 0 N–H and O–H groups in total. The van der Waals surface area contributed by atoms with Crippen LogP contribution in [0.4, 0.5) is 0 Å². The molecular weight excluding hydrogens is 240 g/mol. The molecule has 1 amide bonds. The van der Waals surface area contributed by atoms with E-state index in [4.69, 9.17) is 4.74 Å². The van der Waals surface area contributed by atoms with Crippen LogP contribution in [0.25, 0.3) is 0 Å². The minimum atomic E-state index is -0.0197.